The molecule has 0 saturated carbocycles. The lowest BCUT2D eigenvalue weighted by molar-refractivity contribution is -0.124. The van der Waals surface area contributed by atoms with E-state index in [2.05, 4.69) is 5.32 Å². The fourth-order valence-corrected chi connectivity index (χ4v) is 5.13. The number of furan rings is 1. The molecule has 1 fully saturated rings. The summed E-state index contributed by atoms with van der Waals surface area (Å²) in [4.78, 5) is 12.8. The monoisotopic (exact) mass is 401 g/mol. The van der Waals surface area contributed by atoms with Crippen LogP contribution in [0.4, 0.5) is 0 Å². The lowest BCUT2D eigenvalue weighted by Gasteiger charge is -2.17. The Morgan fingerprint density at radius 3 is 2.71 bits per heavy atom. The molecule has 2 aromatic heterocycles. The number of fused-ring (bicyclic) bond motifs is 1. The molecule has 1 saturated heterocycles. The highest BCUT2D eigenvalue weighted by Gasteiger charge is 2.27. The van der Waals surface area contributed by atoms with Crippen molar-refractivity contribution in [1.29, 1.82) is 0 Å². The smallest absolute Gasteiger partial charge is 0.243 e. The summed E-state index contributed by atoms with van der Waals surface area (Å²) >= 11 is 0. The summed E-state index contributed by atoms with van der Waals surface area (Å²) in [5, 5.41) is 3.65. The molecular formula is C20H23N3O4S. The van der Waals surface area contributed by atoms with Gasteiger partial charge in [0.25, 0.3) is 0 Å². The predicted octanol–water partition coefficient (Wildman–Crippen LogP) is 2.90. The first-order valence-electron chi connectivity index (χ1n) is 9.37. The van der Waals surface area contributed by atoms with Crippen molar-refractivity contribution in [2.75, 3.05) is 13.1 Å². The fraction of sp³-hybridized carbons (Fsp3) is 0.350. The molecular weight excluding hydrogens is 378 g/mol. The van der Waals surface area contributed by atoms with Gasteiger partial charge in [0.15, 0.2) is 0 Å². The molecule has 1 aliphatic heterocycles. The molecule has 0 unspecified atom stereocenters. The van der Waals surface area contributed by atoms with Crippen molar-refractivity contribution in [3.05, 3.63) is 54.6 Å². The van der Waals surface area contributed by atoms with Crippen LogP contribution in [0.15, 0.2) is 58.2 Å². The number of amides is 1. The highest BCUT2D eigenvalue weighted by Crippen LogP contribution is 2.27. The summed E-state index contributed by atoms with van der Waals surface area (Å²) < 4.78 is 34.2. The SMILES string of the molecule is C[C@@H](C(=O)NCc1ccco1)n1ccc2cc(S(=O)(=O)N3CCCC3)ccc21. The Labute approximate surface area is 164 Å². The van der Waals surface area contributed by atoms with Crippen LogP contribution >= 0.6 is 0 Å². The first kappa shape index (κ1) is 18.8. The second-order valence-corrected chi connectivity index (χ2v) is 8.97. The molecule has 4 rings (SSSR count). The lowest BCUT2D eigenvalue weighted by atomic mass is 10.2. The first-order valence-corrected chi connectivity index (χ1v) is 10.8. The van der Waals surface area contributed by atoms with Crippen molar-refractivity contribution in [3.8, 4) is 0 Å². The molecule has 1 amide bonds. The van der Waals surface area contributed by atoms with Crippen LogP contribution in [0.1, 0.15) is 31.6 Å². The zero-order valence-electron chi connectivity index (χ0n) is 15.7. The van der Waals surface area contributed by atoms with E-state index in [4.69, 9.17) is 4.42 Å². The summed E-state index contributed by atoms with van der Waals surface area (Å²) in [5.74, 6) is 0.553. The molecule has 1 aromatic carbocycles. The van der Waals surface area contributed by atoms with Crippen LogP contribution in [0.5, 0.6) is 0 Å². The Kier molecular flexibility index (Phi) is 4.99. The number of hydrogen-bond acceptors (Lipinski definition) is 4. The molecule has 0 radical (unpaired) electrons. The Balaban J connectivity index is 1.55. The molecule has 7 nitrogen and oxygen atoms in total. The first-order chi connectivity index (χ1) is 13.5. The molecule has 1 N–H and O–H groups in total. The van der Waals surface area contributed by atoms with Gasteiger partial charge in [-0.15, -0.1) is 0 Å². The van der Waals surface area contributed by atoms with Crippen LogP contribution in [0.25, 0.3) is 10.9 Å². The van der Waals surface area contributed by atoms with Crippen LogP contribution in [0, 0.1) is 0 Å². The Hall–Kier alpha value is -2.58. The molecule has 3 heterocycles. The second-order valence-electron chi connectivity index (χ2n) is 7.03. The maximum absolute atomic E-state index is 12.8. The number of nitrogens with zero attached hydrogens (tertiary/aromatic N) is 2. The van der Waals surface area contributed by atoms with E-state index < -0.39 is 16.1 Å². The maximum Gasteiger partial charge on any atom is 0.243 e. The standard InChI is InChI=1S/C20H23N3O4S/c1-15(20(24)21-14-17-5-4-12-27-17)23-11-8-16-13-18(6-7-19(16)23)28(25,26)22-9-2-3-10-22/h4-8,11-13,15H,2-3,9-10,14H2,1H3,(H,21,24)/t15-/m0/s1. The molecule has 3 aromatic rings. The van der Waals surface area contributed by atoms with E-state index in [0.29, 0.717) is 30.3 Å². The summed E-state index contributed by atoms with van der Waals surface area (Å²) in [5.41, 5.74) is 0.820. The minimum atomic E-state index is -3.46. The third-order valence-electron chi connectivity index (χ3n) is 5.21. The van der Waals surface area contributed by atoms with Crippen molar-refractivity contribution >= 4 is 26.8 Å². The number of carbonyl (C=O) groups is 1. The minimum Gasteiger partial charge on any atom is -0.467 e. The van der Waals surface area contributed by atoms with E-state index in [1.165, 1.54) is 4.31 Å². The number of rotatable bonds is 6. The van der Waals surface area contributed by atoms with Gasteiger partial charge in [-0.05, 0) is 56.2 Å². The Morgan fingerprint density at radius 1 is 1.21 bits per heavy atom. The van der Waals surface area contributed by atoms with Crippen LogP contribution in [0.2, 0.25) is 0 Å². The van der Waals surface area contributed by atoms with Crippen LogP contribution < -0.4 is 5.32 Å². The van der Waals surface area contributed by atoms with Crippen molar-refractivity contribution in [2.45, 2.75) is 37.2 Å². The summed E-state index contributed by atoms with van der Waals surface area (Å²) in [6.07, 6.45) is 5.19. The van der Waals surface area contributed by atoms with Gasteiger partial charge in [-0.1, -0.05) is 0 Å². The zero-order chi connectivity index (χ0) is 19.7. The van der Waals surface area contributed by atoms with Gasteiger partial charge in [0.05, 0.1) is 17.7 Å². The minimum absolute atomic E-state index is 0.136. The topological polar surface area (TPSA) is 84.5 Å². The quantitative estimate of drug-likeness (QED) is 0.688. The summed E-state index contributed by atoms with van der Waals surface area (Å²) in [6.45, 7) is 3.29. The molecule has 148 valence electrons. The predicted molar refractivity (Wildman–Crippen MR) is 105 cm³/mol. The Morgan fingerprint density at radius 2 is 2.00 bits per heavy atom. The average Bonchev–Trinajstić information content (AvgIpc) is 3.46. The van der Waals surface area contributed by atoms with Gasteiger partial charge in [-0.25, -0.2) is 8.42 Å². The van der Waals surface area contributed by atoms with Crippen molar-refractivity contribution in [1.82, 2.24) is 14.2 Å². The van der Waals surface area contributed by atoms with Crippen molar-refractivity contribution in [3.63, 3.8) is 0 Å². The summed E-state index contributed by atoms with van der Waals surface area (Å²) in [6, 6.07) is 10.1. The molecule has 1 aliphatic rings. The number of aromatic nitrogens is 1. The van der Waals surface area contributed by atoms with E-state index in [1.54, 1.807) is 36.6 Å². The van der Waals surface area contributed by atoms with Gasteiger partial charge in [-0.2, -0.15) is 4.31 Å². The van der Waals surface area contributed by atoms with Gasteiger partial charge >= 0.3 is 0 Å². The fourth-order valence-electron chi connectivity index (χ4n) is 3.58. The van der Waals surface area contributed by atoms with Gasteiger partial charge < -0.3 is 14.3 Å². The number of sulfonamides is 1. The van der Waals surface area contributed by atoms with Gasteiger partial charge in [0.1, 0.15) is 11.8 Å². The van der Waals surface area contributed by atoms with E-state index in [-0.39, 0.29) is 5.91 Å². The van der Waals surface area contributed by atoms with Crippen molar-refractivity contribution < 1.29 is 17.6 Å². The third kappa shape index (κ3) is 3.45. The Bertz CT molecular complexity index is 1080. The van der Waals surface area contributed by atoms with Crippen LogP contribution in [0.3, 0.4) is 0 Å². The average molecular weight is 401 g/mol. The molecule has 8 heteroatoms. The van der Waals surface area contributed by atoms with E-state index in [0.717, 1.165) is 23.7 Å². The largest absolute Gasteiger partial charge is 0.467 e. The zero-order valence-corrected chi connectivity index (χ0v) is 16.5. The molecule has 1 atom stereocenters. The second kappa shape index (κ2) is 7.44. The van der Waals surface area contributed by atoms with E-state index in [1.807, 2.05) is 23.8 Å². The molecule has 0 bridgehead atoms. The van der Waals surface area contributed by atoms with Crippen LogP contribution in [-0.2, 0) is 21.4 Å². The van der Waals surface area contributed by atoms with Gasteiger partial charge in [0, 0.05) is 30.2 Å². The number of hydrogen-bond donors (Lipinski definition) is 1. The lowest BCUT2D eigenvalue weighted by Crippen LogP contribution is -2.30. The van der Waals surface area contributed by atoms with Crippen molar-refractivity contribution in [2.24, 2.45) is 0 Å². The number of nitrogens with one attached hydrogen (secondary N) is 1. The third-order valence-corrected chi connectivity index (χ3v) is 7.10. The summed E-state index contributed by atoms with van der Waals surface area (Å²) in [7, 11) is -3.46. The van der Waals surface area contributed by atoms with Crippen LogP contribution in [-0.4, -0.2) is 36.3 Å². The highest BCUT2D eigenvalue weighted by molar-refractivity contribution is 7.89. The highest BCUT2D eigenvalue weighted by atomic mass is 32.2. The number of benzene rings is 1. The molecule has 28 heavy (non-hydrogen) atoms. The van der Waals surface area contributed by atoms with E-state index in [9.17, 15) is 13.2 Å². The molecule has 0 aliphatic carbocycles. The maximum atomic E-state index is 12.8. The molecule has 0 spiro atoms. The van der Waals surface area contributed by atoms with Gasteiger partial charge in [-0.3, -0.25) is 4.79 Å². The number of carbonyl (C=O) groups excluding carboxylic acids is 1. The van der Waals surface area contributed by atoms with E-state index >= 15 is 0 Å². The van der Waals surface area contributed by atoms with Gasteiger partial charge in [0.2, 0.25) is 15.9 Å². The normalized spacial score (nSPS) is 16.5.